The van der Waals surface area contributed by atoms with Crippen LogP contribution in [0.15, 0.2) is 53.2 Å². The molecule has 3 heterocycles. The predicted octanol–water partition coefficient (Wildman–Crippen LogP) is 2.61. The lowest BCUT2D eigenvalue weighted by Crippen LogP contribution is -2.48. The summed E-state index contributed by atoms with van der Waals surface area (Å²) in [6, 6.07) is 7.72. The van der Waals surface area contributed by atoms with Crippen LogP contribution in [-0.4, -0.2) is 53.7 Å². The van der Waals surface area contributed by atoms with E-state index in [2.05, 4.69) is 0 Å². The minimum absolute atomic E-state index is 0.174. The number of imide groups is 1. The van der Waals surface area contributed by atoms with E-state index < -0.39 is 16.8 Å². The first kappa shape index (κ1) is 20.9. The number of rotatable bonds is 4. The molecule has 10 heteroatoms. The van der Waals surface area contributed by atoms with Gasteiger partial charge in [0.15, 0.2) is 5.76 Å². The molecule has 0 bridgehead atoms. The third-order valence-electron chi connectivity index (χ3n) is 6.56. The maximum atomic E-state index is 12.9. The summed E-state index contributed by atoms with van der Waals surface area (Å²) in [7, 11) is 0. The lowest BCUT2D eigenvalue weighted by atomic mass is 9.85. The van der Waals surface area contributed by atoms with Crippen molar-refractivity contribution in [3.05, 3.63) is 64.6 Å². The number of allylic oxidation sites excluding steroid dienone is 2. The number of piperazine rings is 1. The maximum absolute atomic E-state index is 12.9. The number of carbonyl (C=O) groups is 3. The quantitative estimate of drug-likeness (QED) is 0.304. The number of anilines is 2. The molecule has 2 saturated heterocycles. The van der Waals surface area contributed by atoms with Crippen molar-refractivity contribution < 1.29 is 23.7 Å². The van der Waals surface area contributed by atoms with E-state index in [-0.39, 0.29) is 34.9 Å². The molecule has 1 aromatic carbocycles. The Hall–Kier alpha value is -3.95. The molecule has 5 rings (SSSR count). The van der Waals surface area contributed by atoms with E-state index in [1.54, 1.807) is 29.2 Å². The largest absolute Gasteiger partial charge is 0.459 e. The molecular weight excluding hydrogens is 428 g/mol. The summed E-state index contributed by atoms with van der Waals surface area (Å²) in [5.74, 6) is -1.37. The van der Waals surface area contributed by atoms with E-state index >= 15 is 0 Å². The highest BCUT2D eigenvalue weighted by Gasteiger charge is 2.48. The van der Waals surface area contributed by atoms with Crippen LogP contribution in [0.2, 0.25) is 0 Å². The van der Waals surface area contributed by atoms with Crippen LogP contribution in [0.25, 0.3) is 0 Å². The summed E-state index contributed by atoms with van der Waals surface area (Å²) < 4.78 is 5.17. The fraction of sp³-hybridized carbons (Fsp3) is 0.348. The van der Waals surface area contributed by atoms with Gasteiger partial charge in [-0.3, -0.25) is 24.5 Å². The van der Waals surface area contributed by atoms with Crippen LogP contribution >= 0.6 is 0 Å². The summed E-state index contributed by atoms with van der Waals surface area (Å²) >= 11 is 0. The van der Waals surface area contributed by atoms with Gasteiger partial charge in [0.05, 0.1) is 28.7 Å². The van der Waals surface area contributed by atoms with Gasteiger partial charge in [0, 0.05) is 32.2 Å². The SMILES string of the molecule is O=C(c1ccco1)N1CCN(c2ccc(N3C(=O)[C@H]4CC=CC[C@@H]4C3=O)cc2[N+](=O)[O-])CC1. The monoisotopic (exact) mass is 450 g/mol. The number of fused-ring (bicyclic) bond motifs is 1. The van der Waals surface area contributed by atoms with Crippen molar-refractivity contribution in [2.24, 2.45) is 11.8 Å². The molecule has 3 aliphatic rings. The Labute approximate surface area is 189 Å². The summed E-state index contributed by atoms with van der Waals surface area (Å²) in [6.07, 6.45) is 6.25. The van der Waals surface area contributed by atoms with E-state index in [9.17, 15) is 24.5 Å². The molecule has 2 fully saturated rings. The Morgan fingerprint density at radius 2 is 1.67 bits per heavy atom. The Kier molecular flexibility index (Phi) is 5.20. The van der Waals surface area contributed by atoms with E-state index in [1.807, 2.05) is 17.1 Å². The van der Waals surface area contributed by atoms with Gasteiger partial charge in [0.2, 0.25) is 11.8 Å². The topological polar surface area (TPSA) is 117 Å². The zero-order chi connectivity index (χ0) is 23.1. The van der Waals surface area contributed by atoms with Crippen LogP contribution in [0.3, 0.4) is 0 Å². The van der Waals surface area contributed by atoms with E-state index in [0.717, 1.165) is 4.90 Å². The molecule has 0 N–H and O–H groups in total. The number of nitro benzene ring substituents is 1. The van der Waals surface area contributed by atoms with Gasteiger partial charge < -0.3 is 14.2 Å². The second-order valence-electron chi connectivity index (χ2n) is 8.35. The summed E-state index contributed by atoms with van der Waals surface area (Å²) in [4.78, 5) is 54.2. The number of nitro groups is 1. The van der Waals surface area contributed by atoms with Gasteiger partial charge >= 0.3 is 0 Å². The second kappa shape index (κ2) is 8.19. The molecule has 1 aliphatic carbocycles. The first-order valence-corrected chi connectivity index (χ1v) is 10.8. The highest BCUT2D eigenvalue weighted by molar-refractivity contribution is 6.22. The van der Waals surface area contributed by atoms with Crippen LogP contribution < -0.4 is 9.80 Å². The number of furan rings is 1. The average molecular weight is 450 g/mol. The van der Waals surface area contributed by atoms with Crippen molar-refractivity contribution >= 4 is 34.8 Å². The number of carbonyl (C=O) groups excluding carboxylic acids is 3. The van der Waals surface area contributed by atoms with Crippen molar-refractivity contribution in [2.75, 3.05) is 36.0 Å². The molecule has 170 valence electrons. The Balaban J connectivity index is 1.36. The Morgan fingerprint density at radius 1 is 1.00 bits per heavy atom. The highest BCUT2D eigenvalue weighted by Crippen LogP contribution is 2.40. The van der Waals surface area contributed by atoms with E-state index in [1.165, 1.54) is 12.3 Å². The first-order chi connectivity index (χ1) is 16.0. The molecule has 0 radical (unpaired) electrons. The lowest BCUT2D eigenvalue weighted by molar-refractivity contribution is -0.384. The van der Waals surface area contributed by atoms with Gasteiger partial charge in [0.25, 0.3) is 11.6 Å². The minimum atomic E-state index is -0.501. The predicted molar refractivity (Wildman–Crippen MR) is 118 cm³/mol. The molecule has 3 amide bonds. The summed E-state index contributed by atoms with van der Waals surface area (Å²) in [5.41, 5.74) is 0.445. The number of benzene rings is 1. The average Bonchev–Trinajstić information content (AvgIpc) is 3.46. The second-order valence-corrected chi connectivity index (χ2v) is 8.35. The van der Waals surface area contributed by atoms with Crippen molar-refractivity contribution in [3.63, 3.8) is 0 Å². The number of amides is 3. The molecule has 0 saturated carbocycles. The van der Waals surface area contributed by atoms with E-state index in [4.69, 9.17) is 4.42 Å². The van der Waals surface area contributed by atoms with Gasteiger partial charge in [0.1, 0.15) is 5.69 Å². The normalized spacial score (nSPS) is 22.6. The van der Waals surface area contributed by atoms with Crippen LogP contribution in [0.1, 0.15) is 23.4 Å². The van der Waals surface area contributed by atoms with Crippen LogP contribution in [0.5, 0.6) is 0 Å². The molecule has 2 aliphatic heterocycles. The van der Waals surface area contributed by atoms with Crippen LogP contribution in [0.4, 0.5) is 17.1 Å². The third kappa shape index (κ3) is 3.57. The molecule has 0 unspecified atom stereocenters. The third-order valence-corrected chi connectivity index (χ3v) is 6.56. The summed E-state index contributed by atoms with van der Waals surface area (Å²) in [6.45, 7) is 1.59. The highest BCUT2D eigenvalue weighted by atomic mass is 16.6. The van der Waals surface area contributed by atoms with Gasteiger partial charge in [-0.15, -0.1) is 0 Å². The van der Waals surface area contributed by atoms with Crippen molar-refractivity contribution in [2.45, 2.75) is 12.8 Å². The van der Waals surface area contributed by atoms with E-state index in [0.29, 0.717) is 44.7 Å². The first-order valence-electron chi connectivity index (χ1n) is 10.8. The van der Waals surface area contributed by atoms with Gasteiger partial charge in [-0.05, 0) is 37.1 Å². The van der Waals surface area contributed by atoms with Crippen LogP contribution in [-0.2, 0) is 9.59 Å². The minimum Gasteiger partial charge on any atom is -0.459 e. The van der Waals surface area contributed by atoms with Crippen molar-refractivity contribution in [1.29, 1.82) is 0 Å². The molecular formula is C23H22N4O6. The number of hydrogen-bond acceptors (Lipinski definition) is 7. The van der Waals surface area contributed by atoms with Crippen molar-refractivity contribution in [1.82, 2.24) is 4.90 Å². The smallest absolute Gasteiger partial charge is 0.294 e. The maximum Gasteiger partial charge on any atom is 0.294 e. The molecule has 10 nitrogen and oxygen atoms in total. The molecule has 0 spiro atoms. The van der Waals surface area contributed by atoms with Crippen molar-refractivity contribution in [3.8, 4) is 0 Å². The Morgan fingerprint density at radius 3 is 2.24 bits per heavy atom. The standard InChI is InChI=1S/C23H22N4O6/c28-21-16-4-1-2-5-17(16)22(29)26(21)15-7-8-18(19(14-15)27(31)32)24-9-11-25(12-10-24)23(30)20-6-3-13-33-20/h1-3,6-8,13-14,16-17H,4-5,9-12H2/t16-,17-/m0/s1. The fourth-order valence-corrected chi connectivity index (χ4v) is 4.83. The number of hydrogen-bond donors (Lipinski definition) is 0. The fourth-order valence-electron chi connectivity index (χ4n) is 4.83. The Bertz CT molecular complexity index is 1120. The zero-order valence-electron chi connectivity index (χ0n) is 17.8. The molecule has 1 aromatic heterocycles. The van der Waals surface area contributed by atoms with Gasteiger partial charge in [-0.1, -0.05) is 12.2 Å². The lowest BCUT2D eigenvalue weighted by Gasteiger charge is -2.35. The number of nitrogens with zero attached hydrogens (tertiary/aromatic N) is 4. The van der Waals surface area contributed by atoms with Gasteiger partial charge in [-0.25, -0.2) is 4.90 Å². The van der Waals surface area contributed by atoms with Gasteiger partial charge in [-0.2, -0.15) is 0 Å². The molecule has 2 aromatic rings. The molecule has 33 heavy (non-hydrogen) atoms. The van der Waals surface area contributed by atoms with Crippen LogP contribution in [0, 0.1) is 22.0 Å². The summed E-state index contributed by atoms with van der Waals surface area (Å²) in [5, 5.41) is 11.9. The molecule has 2 atom stereocenters. The zero-order valence-corrected chi connectivity index (χ0v) is 17.8.